The van der Waals surface area contributed by atoms with Gasteiger partial charge in [0.25, 0.3) is 5.91 Å². The molecule has 1 aromatic heterocycles. The summed E-state index contributed by atoms with van der Waals surface area (Å²) in [5.41, 5.74) is 0.749. The number of thioether (sulfide) groups is 1. The van der Waals surface area contributed by atoms with Crippen LogP contribution in [-0.2, 0) is 5.75 Å². The van der Waals surface area contributed by atoms with Crippen LogP contribution in [0.3, 0.4) is 0 Å². The van der Waals surface area contributed by atoms with Crippen LogP contribution in [0.1, 0.15) is 60.1 Å². The molecule has 2 N–H and O–H groups in total. The molecule has 6 heteroatoms. The Bertz CT molecular complexity index is 756. The van der Waals surface area contributed by atoms with E-state index >= 15 is 0 Å². The Morgan fingerprint density at radius 3 is 2.62 bits per heavy atom. The predicted molar refractivity (Wildman–Crippen MR) is 103 cm³/mol. The van der Waals surface area contributed by atoms with Crippen molar-refractivity contribution >= 4 is 23.6 Å². The van der Waals surface area contributed by atoms with Crippen molar-refractivity contribution in [3.63, 3.8) is 0 Å². The van der Waals surface area contributed by atoms with Crippen LogP contribution in [0.5, 0.6) is 0 Å². The average Bonchev–Trinajstić information content (AvgIpc) is 3.08. The van der Waals surface area contributed by atoms with Crippen molar-refractivity contribution in [1.82, 2.24) is 5.32 Å². The first-order valence-electron chi connectivity index (χ1n) is 8.74. The van der Waals surface area contributed by atoms with Crippen molar-refractivity contribution in [3.8, 4) is 0 Å². The summed E-state index contributed by atoms with van der Waals surface area (Å²) in [4.78, 5) is 24.6. The van der Waals surface area contributed by atoms with E-state index in [9.17, 15) is 9.59 Å². The zero-order valence-electron chi connectivity index (χ0n) is 15.3. The van der Waals surface area contributed by atoms with E-state index in [1.807, 2.05) is 25.1 Å². The molecule has 140 valence electrons. The van der Waals surface area contributed by atoms with Crippen LogP contribution in [-0.4, -0.2) is 23.0 Å². The van der Waals surface area contributed by atoms with Gasteiger partial charge in [0.2, 0.25) is 0 Å². The molecule has 1 heterocycles. The van der Waals surface area contributed by atoms with Crippen molar-refractivity contribution < 1.29 is 19.1 Å². The number of nitrogens with one attached hydrogen (secondary N) is 1. The van der Waals surface area contributed by atoms with E-state index in [4.69, 9.17) is 9.52 Å². The summed E-state index contributed by atoms with van der Waals surface area (Å²) < 4.78 is 5.27. The van der Waals surface area contributed by atoms with Crippen LogP contribution in [0.15, 0.2) is 45.9 Å². The molecule has 0 aliphatic rings. The molecule has 2 atom stereocenters. The Hall–Kier alpha value is -2.21. The predicted octanol–water partition coefficient (Wildman–Crippen LogP) is 4.82. The van der Waals surface area contributed by atoms with E-state index in [0.29, 0.717) is 23.0 Å². The fourth-order valence-electron chi connectivity index (χ4n) is 2.70. The second-order valence-electron chi connectivity index (χ2n) is 6.47. The minimum absolute atomic E-state index is 0.0965. The highest BCUT2D eigenvalue weighted by Crippen LogP contribution is 2.28. The maximum atomic E-state index is 12.6. The van der Waals surface area contributed by atoms with Gasteiger partial charge in [-0.25, -0.2) is 4.79 Å². The molecule has 0 aliphatic carbocycles. The molecular formula is C20H25NO4S. The zero-order chi connectivity index (χ0) is 19.1. The van der Waals surface area contributed by atoms with Crippen LogP contribution >= 0.6 is 11.8 Å². The molecule has 0 saturated carbocycles. The first kappa shape index (κ1) is 20.1. The third kappa shape index (κ3) is 5.39. The number of carbonyl (C=O) groups excluding carboxylic acids is 1. The number of furan rings is 1. The molecule has 1 amide bonds. The summed E-state index contributed by atoms with van der Waals surface area (Å²) in [6, 6.07) is 8.87. The lowest BCUT2D eigenvalue weighted by Gasteiger charge is -2.18. The molecule has 0 radical (unpaired) electrons. The first-order chi connectivity index (χ1) is 12.4. The van der Waals surface area contributed by atoms with Gasteiger partial charge in [0.15, 0.2) is 0 Å². The van der Waals surface area contributed by atoms with Crippen LogP contribution in [0.25, 0.3) is 0 Å². The minimum Gasteiger partial charge on any atom is -0.478 e. The van der Waals surface area contributed by atoms with E-state index < -0.39 is 5.97 Å². The fraction of sp³-hybridized carbons (Fsp3) is 0.400. The van der Waals surface area contributed by atoms with Gasteiger partial charge in [0.1, 0.15) is 11.3 Å². The zero-order valence-corrected chi connectivity index (χ0v) is 16.1. The van der Waals surface area contributed by atoms with Crippen molar-refractivity contribution in [2.45, 2.75) is 50.3 Å². The lowest BCUT2D eigenvalue weighted by molar-refractivity contribution is 0.0694. The SMILES string of the molecule is CCC(C)CC(C)NC(=O)c1ccccc1SCc1occc1C(=O)O. The topological polar surface area (TPSA) is 79.5 Å². The van der Waals surface area contributed by atoms with Gasteiger partial charge in [-0.3, -0.25) is 4.79 Å². The number of rotatable bonds is 9. The fourth-order valence-corrected chi connectivity index (χ4v) is 3.70. The van der Waals surface area contributed by atoms with Crippen LogP contribution in [0.4, 0.5) is 0 Å². The summed E-state index contributed by atoms with van der Waals surface area (Å²) in [7, 11) is 0. The average molecular weight is 375 g/mol. The standard InChI is InChI=1S/C20H25NO4S/c1-4-13(2)11-14(3)21-19(22)16-7-5-6-8-18(16)26-12-17-15(20(23)24)9-10-25-17/h5-10,13-14H,4,11-12H2,1-3H3,(H,21,22)(H,23,24). The highest BCUT2D eigenvalue weighted by molar-refractivity contribution is 7.98. The number of carbonyl (C=O) groups is 2. The number of hydrogen-bond acceptors (Lipinski definition) is 4. The molecule has 2 unspecified atom stereocenters. The number of carboxylic acids is 1. The summed E-state index contributed by atoms with van der Waals surface area (Å²) in [5.74, 6) is 0.175. The van der Waals surface area contributed by atoms with E-state index in [0.717, 1.165) is 17.7 Å². The van der Waals surface area contributed by atoms with Crippen LogP contribution < -0.4 is 5.32 Å². The molecule has 2 rings (SSSR count). The number of carboxylic acid groups (broad SMARTS) is 1. The van der Waals surface area contributed by atoms with Crippen molar-refractivity contribution in [1.29, 1.82) is 0 Å². The van der Waals surface area contributed by atoms with Crippen molar-refractivity contribution in [3.05, 3.63) is 53.5 Å². The molecule has 0 aliphatic heterocycles. The van der Waals surface area contributed by atoms with Crippen molar-refractivity contribution in [2.75, 3.05) is 0 Å². The van der Waals surface area contributed by atoms with Gasteiger partial charge in [-0.2, -0.15) is 0 Å². The summed E-state index contributed by atoms with van der Waals surface area (Å²) in [6.07, 6.45) is 3.39. The first-order valence-corrected chi connectivity index (χ1v) is 9.73. The lowest BCUT2D eigenvalue weighted by atomic mass is 10.00. The third-order valence-corrected chi connectivity index (χ3v) is 5.37. The van der Waals surface area contributed by atoms with E-state index in [-0.39, 0.29) is 17.5 Å². The van der Waals surface area contributed by atoms with E-state index in [1.54, 1.807) is 6.07 Å². The van der Waals surface area contributed by atoms with Gasteiger partial charge >= 0.3 is 5.97 Å². The second-order valence-corrected chi connectivity index (χ2v) is 7.49. The minimum atomic E-state index is -1.01. The molecule has 26 heavy (non-hydrogen) atoms. The normalized spacial score (nSPS) is 13.2. The number of aromatic carboxylic acids is 1. The monoisotopic (exact) mass is 375 g/mol. The van der Waals surface area contributed by atoms with Crippen LogP contribution in [0.2, 0.25) is 0 Å². The Labute approximate surface area is 158 Å². The smallest absolute Gasteiger partial charge is 0.339 e. The molecular weight excluding hydrogens is 350 g/mol. The Morgan fingerprint density at radius 1 is 1.19 bits per heavy atom. The molecule has 0 saturated heterocycles. The molecule has 5 nitrogen and oxygen atoms in total. The highest BCUT2D eigenvalue weighted by Gasteiger charge is 2.17. The summed E-state index contributed by atoms with van der Waals surface area (Å²) in [5, 5.41) is 12.2. The number of benzene rings is 1. The van der Waals surface area contributed by atoms with Gasteiger partial charge in [0.05, 0.1) is 17.6 Å². The Morgan fingerprint density at radius 2 is 1.92 bits per heavy atom. The molecule has 1 aromatic carbocycles. The van der Waals surface area contributed by atoms with E-state index in [1.165, 1.54) is 24.1 Å². The van der Waals surface area contributed by atoms with Crippen molar-refractivity contribution in [2.24, 2.45) is 5.92 Å². The van der Waals surface area contributed by atoms with Gasteiger partial charge in [-0.15, -0.1) is 11.8 Å². The largest absolute Gasteiger partial charge is 0.478 e. The molecule has 0 fully saturated rings. The van der Waals surface area contributed by atoms with Crippen LogP contribution in [0, 0.1) is 5.92 Å². The maximum absolute atomic E-state index is 12.6. The molecule has 0 bridgehead atoms. The molecule has 2 aromatic rings. The van der Waals surface area contributed by atoms with Gasteiger partial charge in [-0.05, 0) is 37.5 Å². The second kappa shape index (κ2) is 9.48. The van der Waals surface area contributed by atoms with Gasteiger partial charge in [-0.1, -0.05) is 32.4 Å². The molecule has 0 spiro atoms. The summed E-state index contributed by atoms with van der Waals surface area (Å²) >= 11 is 1.39. The Balaban J connectivity index is 2.06. The van der Waals surface area contributed by atoms with E-state index in [2.05, 4.69) is 19.2 Å². The van der Waals surface area contributed by atoms with Gasteiger partial charge < -0.3 is 14.8 Å². The van der Waals surface area contributed by atoms with Gasteiger partial charge in [0, 0.05) is 10.9 Å². The third-order valence-electron chi connectivity index (χ3n) is 4.30. The lowest BCUT2D eigenvalue weighted by Crippen LogP contribution is -2.34. The number of amides is 1. The maximum Gasteiger partial charge on any atom is 0.339 e. The Kier molecular flexibility index (Phi) is 7.33. The summed E-state index contributed by atoms with van der Waals surface area (Å²) in [6.45, 7) is 6.34. The quantitative estimate of drug-likeness (QED) is 0.614. The highest BCUT2D eigenvalue weighted by atomic mass is 32.2. The number of hydrogen-bond donors (Lipinski definition) is 2.